The summed E-state index contributed by atoms with van der Waals surface area (Å²) in [6.07, 6.45) is 2.88. The smallest absolute Gasteiger partial charge is 0.144 e. The van der Waals surface area contributed by atoms with Crippen molar-refractivity contribution in [2.24, 2.45) is 0 Å². The SMILES string of the molecule is c1cc2ccc3cccc4ccc(c1)c2c34.c1conn1. The van der Waals surface area contributed by atoms with Gasteiger partial charge in [0.25, 0.3) is 0 Å². The van der Waals surface area contributed by atoms with Crippen molar-refractivity contribution in [3.05, 3.63) is 73.1 Å². The molecule has 3 nitrogen and oxygen atoms in total. The molecule has 4 aromatic carbocycles. The first kappa shape index (κ1) is 11.9. The van der Waals surface area contributed by atoms with Crippen molar-refractivity contribution in [3.8, 4) is 0 Å². The Morgan fingerprint density at radius 2 is 1.10 bits per heavy atom. The molecule has 0 amide bonds. The molecule has 0 saturated heterocycles. The van der Waals surface area contributed by atoms with Crippen molar-refractivity contribution in [1.29, 1.82) is 0 Å². The van der Waals surface area contributed by atoms with Crippen molar-refractivity contribution in [2.45, 2.75) is 0 Å². The number of hydrogen-bond donors (Lipinski definition) is 0. The van der Waals surface area contributed by atoms with Crippen molar-refractivity contribution < 1.29 is 4.52 Å². The normalized spacial score (nSPS) is 10.9. The predicted octanol–water partition coefficient (Wildman–Crippen LogP) is 4.65. The van der Waals surface area contributed by atoms with Crippen LogP contribution in [0.2, 0.25) is 0 Å². The van der Waals surface area contributed by atoms with Crippen LogP contribution in [0.5, 0.6) is 0 Å². The van der Waals surface area contributed by atoms with Gasteiger partial charge in [-0.2, -0.15) is 0 Å². The quantitative estimate of drug-likeness (QED) is 0.385. The van der Waals surface area contributed by atoms with Crippen molar-refractivity contribution in [1.82, 2.24) is 10.4 Å². The summed E-state index contributed by atoms with van der Waals surface area (Å²) in [5.74, 6) is 0. The van der Waals surface area contributed by atoms with Crippen LogP contribution in [-0.2, 0) is 0 Å². The number of benzene rings is 4. The molecule has 0 unspecified atom stereocenters. The molecule has 0 aliphatic carbocycles. The van der Waals surface area contributed by atoms with Gasteiger partial charge in [0.1, 0.15) is 6.26 Å². The minimum Gasteiger partial charge on any atom is -0.346 e. The van der Waals surface area contributed by atoms with E-state index in [0.717, 1.165) is 0 Å². The van der Waals surface area contributed by atoms with Crippen LogP contribution < -0.4 is 0 Å². The van der Waals surface area contributed by atoms with Gasteiger partial charge in [0.2, 0.25) is 0 Å². The fraction of sp³-hybridized carbons (Fsp3) is 0. The summed E-state index contributed by atoms with van der Waals surface area (Å²) in [7, 11) is 0. The summed E-state index contributed by atoms with van der Waals surface area (Å²) in [6.45, 7) is 0. The molecule has 0 N–H and O–H groups in total. The number of nitrogens with zero attached hydrogens (tertiary/aromatic N) is 2. The minimum atomic E-state index is 1.34. The third kappa shape index (κ3) is 1.99. The lowest BCUT2D eigenvalue weighted by molar-refractivity contribution is 0.393. The maximum absolute atomic E-state index is 4.22. The molecule has 0 aliphatic rings. The van der Waals surface area contributed by atoms with Gasteiger partial charge < -0.3 is 4.52 Å². The van der Waals surface area contributed by atoms with Crippen LogP contribution in [0.15, 0.2) is 77.6 Å². The van der Waals surface area contributed by atoms with Gasteiger partial charge in [-0.25, -0.2) is 0 Å². The highest BCUT2D eigenvalue weighted by atomic mass is 16.5. The Balaban J connectivity index is 0.000000197. The summed E-state index contributed by atoms with van der Waals surface area (Å²) in [4.78, 5) is 0. The predicted molar refractivity (Wildman–Crippen MR) is 84.4 cm³/mol. The molecule has 100 valence electrons. The highest BCUT2D eigenvalue weighted by Crippen LogP contribution is 2.33. The maximum atomic E-state index is 4.22. The van der Waals surface area contributed by atoms with Gasteiger partial charge in [-0.1, -0.05) is 60.7 Å². The molecule has 0 atom stereocenters. The summed E-state index contributed by atoms with van der Waals surface area (Å²) in [6, 6.07) is 21.9. The molecule has 0 radical (unpaired) electrons. The second-order valence-electron chi connectivity index (χ2n) is 4.88. The van der Waals surface area contributed by atoms with Crippen molar-refractivity contribution in [2.75, 3.05) is 0 Å². The molecular formula is C18H12N2O. The average molecular weight is 272 g/mol. The molecule has 21 heavy (non-hydrogen) atoms. The van der Waals surface area contributed by atoms with Crippen LogP contribution in [-0.4, -0.2) is 10.4 Å². The van der Waals surface area contributed by atoms with Crippen molar-refractivity contribution in [3.63, 3.8) is 0 Å². The van der Waals surface area contributed by atoms with Gasteiger partial charge >= 0.3 is 0 Å². The number of rotatable bonds is 0. The van der Waals surface area contributed by atoms with Crippen LogP contribution in [0, 0.1) is 0 Å². The molecule has 1 aromatic heterocycles. The molecule has 0 fully saturated rings. The van der Waals surface area contributed by atoms with Gasteiger partial charge in [-0.3, -0.25) is 0 Å². The van der Waals surface area contributed by atoms with E-state index in [4.69, 9.17) is 0 Å². The zero-order valence-corrected chi connectivity index (χ0v) is 11.2. The second-order valence-corrected chi connectivity index (χ2v) is 4.88. The van der Waals surface area contributed by atoms with Gasteiger partial charge in [-0.05, 0) is 32.3 Å². The lowest BCUT2D eigenvalue weighted by Crippen LogP contribution is -1.82. The van der Waals surface area contributed by atoms with Crippen LogP contribution in [0.4, 0.5) is 0 Å². The largest absolute Gasteiger partial charge is 0.346 e. The maximum Gasteiger partial charge on any atom is 0.144 e. The van der Waals surface area contributed by atoms with E-state index < -0.39 is 0 Å². The summed E-state index contributed by atoms with van der Waals surface area (Å²) in [5, 5.41) is 14.5. The minimum absolute atomic E-state index is 1.34. The monoisotopic (exact) mass is 272 g/mol. The number of hydrogen-bond acceptors (Lipinski definition) is 3. The molecule has 3 heteroatoms. The van der Waals surface area contributed by atoms with E-state index in [-0.39, 0.29) is 0 Å². The summed E-state index contributed by atoms with van der Waals surface area (Å²) < 4.78 is 4.22. The van der Waals surface area contributed by atoms with E-state index in [9.17, 15) is 0 Å². The average Bonchev–Trinajstić information content (AvgIpc) is 3.13. The molecule has 5 rings (SSSR count). The third-order valence-corrected chi connectivity index (χ3v) is 3.68. The highest BCUT2D eigenvalue weighted by molar-refractivity contribution is 6.22. The summed E-state index contributed by atoms with van der Waals surface area (Å²) >= 11 is 0. The molecule has 5 aromatic rings. The third-order valence-electron chi connectivity index (χ3n) is 3.68. The zero-order chi connectivity index (χ0) is 14.1. The first-order valence-corrected chi connectivity index (χ1v) is 6.77. The Morgan fingerprint density at radius 1 is 0.619 bits per heavy atom. The van der Waals surface area contributed by atoms with E-state index >= 15 is 0 Å². The second kappa shape index (κ2) is 4.87. The summed E-state index contributed by atoms with van der Waals surface area (Å²) in [5.41, 5.74) is 0. The zero-order valence-electron chi connectivity index (χ0n) is 11.2. The lowest BCUT2D eigenvalue weighted by Gasteiger charge is -2.09. The van der Waals surface area contributed by atoms with Crippen LogP contribution in [0.3, 0.4) is 0 Å². The molecule has 0 aliphatic heterocycles. The Hall–Kier alpha value is -2.94. The van der Waals surface area contributed by atoms with E-state index in [1.807, 2.05) is 0 Å². The molecule has 0 spiro atoms. The van der Waals surface area contributed by atoms with Gasteiger partial charge in [-0.15, -0.1) is 5.10 Å². The van der Waals surface area contributed by atoms with Gasteiger partial charge in [0.15, 0.2) is 0 Å². The van der Waals surface area contributed by atoms with E-state index in [2.05, 4.69) is 75.6 Å². The molecule has 0 saturated carbocycles. The topological polar surface area (TPSA) is 38.9 Å². The highest BCUT2D eigenvalue weighted by Gasteiger charge is 2.05. The fourth-order valence-electron chi connectivity index (χ4n) is 2.81. The van der Waals surface area contributed by atoms with E-state index in [0.29, 0.717) is 0 Å². The first-order chi connectivity index (χ1) is 10.4. The Kier molecular flexibility index (Phi) is 2.75. The van der Waals surface area contributed by atoms with Crippen LogP contribution >= 0.6 is 0 Å². The molecule has 0 bridgehead atoms. The van der Waals surface area contributed by atoms with Gasteiger partial charge in [0.05, 0.1) is 6.20 Å². The Labute approximate surface area is 121 Å². The van der Waals surface area contributed by atoms with E-state index in [1.165, 1.54) is 44.8 Å². The van der Waals surface area contributed by atoms with Crippen molar-refractivity contribution >= 4 is 32.3 Å². The lowest BCUT2D eigenvalue weighted by atomic mass is 9.95. The van der Waals surface area contributed by atoms with Crippen LogP contribution in [0.25, 0.3) is 32.3 Å². The Morgan fingerprint density at radius 3 is 1.38 bits per heavy atom. The van der Waals surface area contributed by atoms with Gasteiger partial charge in [0, 0.05) is 5.27 Å². The Bertz CT molecular complexity index is 843. The van der Waals surface area contributed by atoms with E-state index in [1.54, 1.807) is 0 Å². The van der Waals surface area contributed by atoms with Crippen LogP contribution in [0.1, 0.15) is 0 Å². The molecule has 1 heterocycles. The fourth-order valence-corrected chi connectivity index (χ4v) is 2.81. The number of aromatic nitrogens is 2. The standard InChI is InChI=1S/C16H10.C2H2N2O/c1-3-11-7-9-13-5-2-6-14-10-8-12(4-1)15(11)16(13)14;1-2-5-4-3-1/h1-10H;1-2H. The molecular weight excluding hydrogens is 260 g/mol. The first-order valence-electron chi connectivity index (χ1n) is 6.77.